The molecule has 0 spiro atoms. The molecule has 29 heavy (non-hydrogen) atoms. The second kappa shape index (κ2) is 8.63. The maximum Gasteiger partial charge on any atom is 0.273 e. The van der Waals surface area contributed by atoms with E-state index in [9.17, 15) is 17.2 Å². The molecule has 6 nitrogen and oxygen atoms in total. The van der Waals surface area contributed by atoms with E-state index < -0.39 is 21.7 Å². The Labute approximate surface area is 173 Å². The number of halogens is 2. The minimum Gasteiger partial charge on any atom is -0.467 e. The van der Waals surface area contributed by atoms with Gasteiger partial charge in [0.05, 0.1) is 4.90 Å². The van der Waals surface area contributed by atoms with Crippen LogP contribution in [-0.2, 0) is 10.0 Å². The van der Waals surface area contributed by atoms with Gasteiger partial charge in [-0.1, -0.05) is 11.3 Å². The van der Waals surface area contributed by atoms with Crippen molar-refractivity contribution >= 4 is 21.4 Å². The highest BCUT2D eigenvalue weighted by molar-refractivity contribution is 7.89. The molecule has 1 aromatic carbocycles. The largest absolute Gasteiger partial charge is 0.467 e. The topological polar surface area (TPSA) is 62.7 Å². The van der Waals surface area contributed by atoms with Crippen molar-refractivity contribution in [3.8, 4) is 5.19 Å². The van der Waals surface area contributed by atoms with E-state index in [2.05, 4.69) is 9.88 Å². The number of piperidine rings is 2. The maximum absolute atomic E-state index is 13.4. The summed E-state index contributed by atoms with van der Waals surface area (Å²) >= 11 is 1.49. The van der Waals surface area contributed by atoms with Crippen LogP contribution >= 0.6 is 11.3 Å². The fourth-order valence-electron chi connectivity index (χ4n) is 4.04. The fraction of sp³-hybridized carbons (Fsp3) is 0.526. The van der Waals surface area contributed by atoms with Crippen molar-refractivity contribution in [2.24, 2.45) is 0 Å². The SMILES string of the molecule is O=S(=O)(c1cc(F)cc(F)c1)N1CCC(N2CCC(Oc3nccs3)CC2)CC1. The van der Waals surface area contributed by atoms with Gasteiger partial charge >= 0.3 is 0 Å². The van der Waals surface area contributed by atoms with Gasteiger partial charge in [0.15, 0.2) is 0 Å². The monoisotopic (exact) mass is 443 g/mol. The van der Waals surface area contributed by atoms with E-state index in [0.717, 1.165) is 38.1 Å². The summed E-state index contributed by atoms with van der Waals surface area (Å²) in [6.07, 6.45) is 5.14. The molecular formula is C19H23F2N3O3S2. The third-order valence-electron chi connectivity index (χ3n) is 5.57. The van der Waals surface area contributed by atoms with Gasteiger partial charge in [-0.15, -0.1) is 0 Å². The molecule has 0 radical (unpaired) electrons. The number of thiazole rings is 1. The summed E-state index contributed by atoms with van der Waals surface area (Å²) in [6.45, 7) is 2.51. The van der Waals surface area contributed by atoms with Crippen LogP contribution in [0, 0.1) is 11.6 Å². The smallest absolute Gasteiger partial charge is 0.273 e. The Kier molecular flexibility index (Phi) is 6.14. The lowest BCUT2D eigenvalue weighted by molar-refractivity contribution is 0.0584. The lowest BCUT2D eigenvalue weighted by Gasteiger charge is -2.41. The van der Waals surface area contributed by atoms with E-state index in [1.165, 1.54) is 15.6 Å². The molecule has 2 saturated heterocycles. The summed E-state index contributed by atoms with van der Waals surface area (Å²) in [6, 6.07) is 2.73. The molecule has 1 aromatic heterocycles. The fourth-order valence-corrected chi connectivity index (χ4v) is 6.11. The van der Waals surface area contributed by atoms with Gasteiger partial charge in [0.2, 0.25) is 10.0 Å². The first kappa shape index (κ1) is 20.6. The third kappa shape index (κ3) is 4.76. The highest BCUT2D eigenvalue weighted by Gasteiger charge is 2.33. The zero-order chi connectivity index (χ0) is 20.4. The van der Waals surface area contributed by atoms with Gasteiger partial charge in [-0.3, -0.25) is 0 Å². The van der Waals surface area contributed by atoms with Crippen LogP contribution in [0.25, 0.3) is 0 Å². The van der Waals surface area contributed by atoms with E-state index in [1.54, 1.807) is 6.20 Å². The number of hydrogen-bond donors (Lipinski definition) is 0. The van der Waals surface area contributed by atoms with Crippen molar-refractivity contribution in [3.63, 3.8) is 0 Å². The minimum atomic E-state index is -3.89. The summed E-state index contributed by atoms with van der Waals surface area (Å²) in [4.78, 5) is 6.23. The van der Waals surface area contributed by atoms with Crippen molar-refractivity contribution in [2.45, 2.75) is 42.7 Å². The summed E-state index contributed by atoms with van der Waals surface area (Å²) in [5.41, 5.74) is 0. The zero-order valence-corrected chi connectivity index (χ0v) is 17.5. The number of hydrogen-bond acceptors (Lipinski definition) is 6. The second-order valence-electron chi connectivity index (χ2n) is 7.39. The van der Waals surface area contributed by atoms with Crippen molar-refractivity contribution in [1.29, 1.82) is 0 Å². The summed E-state index contributed by atoms with van der Waals surface area (Å²) in [5.74, 6) is -1.78. The van der Waals surface area contributed by atoms with E-state index in [-0.39, 0.29) is 11.0 Å². The third-order valence-corrected chi connectivity index (χ3v) is 8.10. The van der Waals surface area contributed by atoms with Gasteiger partial charge in [0, 0.05) is 49.9 Å². The quantitative estimate of drug-likeness (QED) is 0.711. The van der Waals surface area contributed by atoms with Crippen molar-refractivity contribution < 1.29 is 21.9 Å². The van der Waals surface area contributed by atoms with Crippen LogP contribution in [0.2, 0.25) is 0 Å². The summed E-state index contributed by atoms with van der Waals surface area (Å²) in [7, 11) is -3.89. The lowest BCUT2D eigenvalue weighted by Crippen LogP contribution is -2.50. The molecule has 0 atom stereocenters. The van der Waals surface area contributed by atoms with Crippen molar-refractivity contribution in [3.05, 3.63) is 41.4 Å². The van der Waals surface area contributed by atoms with Crippen LogP contribution in [0.4, 0.5) is 8.78 Å². The number of benzene rings is 1. The summed E-state index contributed by atoms with van der Waals surface area (Å²) < 4.78 is 59.6. The number of rotatable bonds is 5. The normalized spacial score (nSPS) is 20.8. The van der Waals surface area contributed by atoms with Crippen LogP contribution in [-0.4, -0.2) is 60.9 Å². The van der Waals surface area contributed by atoms with E-state index in [1.807, 2.05) is 5.38 Å². The van der Waals surface area contributed by atoms with Crippen LogP contribution < -0.4 is 4.74 Å². The molecular weight excluding hydrogens is 420 g/mol. The average Bonchev–Trinajstić information content (AvgIpc) is 3.21. The number of nitrogens with zero attached hydrogens (tertiary/aromatic N) is 3. The number of likely N-dealkylation sites (tertiary alicyclic amines) is 1. The number of sulfonamides is 1. The van der Waals surface area contributed by atoms with Crippen LogP contribution in [0.1, 0.15) is 25.7 Å². The van der Waals surface area contributed by atoms with Crippen molar-refractivity contribution in [1.82, 2.24) is 14.2 Å². The Morgan fingerprint density at radius 2 is 1.66 bits per heavy atom. The molecule has 0 N–H and O–H groups in total. The molecule has 2 aliphatic heterocycles. The Morgan fingerprint density at radius 1 is 1.00 bits per heavy atom. The average molecular weight is 444 g/mol. The van der Waals surface area contributed by atoms with Gasteiger partial charge in [0.1, 0.15) is 17.7 Å². The molecule has 10 heteroatoms. The predicted octanol–water partition coefficient (Wildman–Crippen LogP) is 3.12. The second-order valence-corrected chi connectivity index (χ2v) is 10.2. The highest BCUT2D eigenvalue weighted by atomic mass is 32.2. The molecule has 0 saturated carbocycles. The van der Waals surface area contributed by atoms with Crippen molar-refractivity contribution in [2.75, 3.05) is 26.2 Å². The zero-order valence-electron chi connectivity index (χ0n) is 15.8. The molecule has 0 aliphatic carbocycles. The first-order valence-electron chi connectivity index (χ1n) is 9.68. The maximum atomic E-state index is 13.4. The molecule has 0 unspecified atom stereocenters. The molecule has 0 amide bonds. The highest BCUT2D eigenvalue weighted by Crippen LogP contribution is 2.27. The van der Waals surface area contributed by atoms with Gasteiger partial charge in [-0.25, -0.2) is 22.2 Å². The van der Waals surface area contributed by atoms with Gasteiger partial charge in [-0.05, 0) is 37.8 Å². The van der Waals surface area contributed by atoms with Gasteiger partial charge in [-0.2, -0.15) is 4.31 Å². The Hall–Kier alpha value is -1.62. The Bertz CT molecular complexity index is 904. The Balaban J connectivity index is 1.30. The first-order chi connectivity index (χ1) is 13.9. The summed E-state index contributed by atoms with van der Waals surface area (Å²) in [5, 5.41) is 2.60. The Morgan fingerprint density at radius 3 is 2.24 bits per heavy atom. The molecule has 0 bridgehead atoms. The van der Waals surface area contributed by atoms with E-state index >= 15 is 0 Å². The molecule has 2 fully saturated rings. The number of aromatic nitrogens is 1. The molecule has 2 aromatic rings. The lowest BCUT2D eigenvalue weighted by atomic mass is 10.00. The molecule has 2 aliphatic rings. The number of ether oxygens (including phenoxy) is 1. The van der Waals surface area contributed by atoms with E-state index in [0.29, 0.717) is 43.2 Å². The molecule has 3 heterocycles. The standard InChI is InChI=1S/C19H23F2N3O3S2/c20-14-11-15(21)13-18(12-14)29(25,26)24-8-1-16(2-9-24)23-6-3-17(4-7-23)27-19-22-5-10-28-19/h5,10-13,16-17H,1-4,6-9H2. The predicted molar refractivity (Wildman–Crippen MR) is 105 cm³/mol. The van der Waals surface area contributed by atoms with E-state index in [4.69, 9.17) is 4.74 Å². The minimum absolute atomic E-state index is 0.167. The van der Waals surface area contributed by atoms with Crippen LogP contribution in [0.15, 0.2) is 34.7 Å². The molecule has 4 rings (SSSR count). The molecule has 158 valence electrons. The van der Waals surface area contributed by atoms with Gasteiger partial charge < -0.3 is 9.64 Å². The first-order valence-corrected chi connectivity index (χ1v) is 12.0. The van der Waals surface area contributed by atoms with Crippen LogP contribution in [0.3, 0.4) is 0 Å². The van der Waals surface area contributed by atoms with Gasteiger partial charge in [0.25, 0.3) is 5.19 Å². The van der Waals surface area contributed by atoms with Crippen LogP contribution in [0.5, 0.6) is 5.19 Å².